The summed E-state index contributed by atoms with van der Waals surface area (Å²) in [6, 6.07) is 4.09. The predicted octanol–water partition coefficient (Wildman–Crippen LogP) is 3.96. The molecule has 0 bridgehead atoms. The van der Waals surface area contributed by atoms with Crippen LogP contribution in [0.15, 0.2) is 29.0 Å². The molecule has 2 aromatic heterocycles. The van der Waals surface area contributed by atoms with Crippen LogP contribution < -0.4 is 5.32 Å². The fourth-order valence-electron chi connectivity index (χ4n) is 3.66. The Morgan fingerprint density at radius 1 is 1.35 bits per heavy atom. The number of nitrogens with one attached hydrogen (secondary N) is 1. The second-order valence-electron chi connectivity index (χ2n) is 7.25. The van der Waals surface area contributed by atoms with E-state index in [0.29, 0.717) is 29.9 Å². The van der Waals surface area contributed by atoms with Crippen molar-refractivity contribution in [2.45, 2.75) is 64.0 Å². The molecule has 1 aliphatic heterocycles. The van der Waals surface area contributed by atoms with Crippen LogP contribution in [-0.4, -0.2) is 33.4 Å². The Bertz CT molecular complexity index is 755. The van der Waals surface area contributed by atoms with E-state index in [-0.39, 0.29) is 5.91 Å². The van der Waals surface area contributed by atoms with Crippen LogP contribution >= 0.6 is 0 Å². The molecule has 1 atom stereocenters. The first-order chi connectivity index (χ1) is 12.8. The highest BCUT2D eigenvalue weighted by Gasteiger charge is 2.31. The zero-order valence-electron chi connectivity index (χ0n) is 15.3. The number of furan rings is 1. The standard InChI is InChI=1S/C20H26N4O2/c1-2-15-6-3-4-10-24(15)20(25)17-13-22-18(14-8-9-14)23-19(17)21-12-16-7-5-11-26-16/h5,7,11,13-15H,2-4,6,8-10,12H2,1H3,(H,21,22,23). The molecular weight excluding hydrogens is 328 g/mol. The number of piperidine rings is 1. The van der Waals surface area contributed by atoms with Crippen molar-refractivity contribution in [1.29, 1.82) is 0 Å². The molecule has 1 saturated carbocycles. The van der Waals surface area contributed by atoms with Crippen molar-refractivity contribution in [1.82, 2.24) is 14.9 Å². The maximum atomic E-state index is 13.2. The third-order valence-corrected chi connectivity index (χ3v) is 5.35. The summed E-state index contributed by atoms with van der Waals surface area (Å²) in [6.07, 6.45) is 9.97. The van der Waals surface area contributed by atoms with Crippen molar-refractivity contribution in [2.75, 3.05) is 11.9 Å². The highest BCUT2D eigenvalue weighted by molar-refractivity contribution is 5.98. The molecule has 1 saturated heterocycles. The minimum atomic E-state index is 0.0424. The third kappa shape index (κ3) is 3.59. The number of nitrogens with zero attached hydrogens (tertiary/aromatic N) is 3. The van der Waals surface area contributed by atoms with Gasteiger partial charge in [0.1, 0.15) is 23.0 Å². The van der Waals surface area contributed by atoms with Gasteiger partial charge in [0.15, 0.2) is 0 Å². The van der Waals surface area contributed by atoms with Crippen LogP contribution in [0.2, 0.25) is 0 Å². The first-order valence-corrected chi connectivity index (χ1v) is 9.70. The van der Waals surface area contributed by atoms with Crippen LogP contribution in [-0.2, 0) is 6.54 Å². The summed E-state index contributed by atoms with van der Waals surface area (Å²) in [6.45, 7) is 3.48. The lowest BCUT2D eigenvalue weighted by Crippen LogP contribution is -2.43. The summed E-state index contributed by atoms with van der Waals surface area (Å²) >= 11 is 0. The Labute approximate surface area is 154 Å². The lowest BCUT2D eigenvalue weighted by molar-refractivity contribution is 0.0608. The smallest absolute Gasteiger partial charge is 0.259 e. The Morgan fingerprint density at radius 3 is 2.96 bits per heavy atom. The van der Waals surface area contributed by atoms with E-state index in [4.69, 9.17) is 4.42 Å². The van der Waals surface area contributed by atoms with Crippen molar-refractivity contribution in [3.8, 4) is 0 Å². The zero-order valence-corrected chi connectivity index (χ0v) is 15.3. The largest absolute Gasteiger partial charge is 0.467 e. The summed E-state index contributed by atoms with van der Waals surface area (Å²) in [5, 5.41) is 3.30. The number of aromatic nitrogens is 2. The van der Waals surface area contributed by atoms with Crippen LogP contribution in [0.1, 0.15) is 73.3 Å². The average molecular weight is 354 g/mol. The van der Waals surface area contributed by atoms with E-state index in [9.17, 15) is 4.79 Å². The molecule has 1 aliphatic carbocycles. The molecule has 2 aliphatic rings. The summed E-state index contributed by atoms with van der Waals surface area (Å²) < 4.78 is 5.40. The van der Waals surface area contributed by atoms with Crippen LogP contribution in [0.3, 0.4) is 0 Å². The first kappa shape index (κ1) is 17.1. The van der Waals surface area contributed by atoms with Crippen LogP contribution in [0, 0.1) is 0 Å². The van der Waals surface area contributed by atoms with E-state index in [1.54, 1.807) is 12.5 Å². The Balaban J connectivity index is 1.59. The SMILES string of the molecule is CCC1CCCCN1C(=O)c1cnc(C2CC2)nc1NCc1ccco1. The Hall–Kier alpha value is -2.37. The monoisotopic (exact) mass is 354 g/mol. The fraction of sp³-hybridized carbons (Fsp3) is 0.550. The van der Waals surface area contributed by atoms with Gasteiger partial charge in [-0.05, 0) is 50.7 Å². The van der Waals surface area contributed by atoms with Crippen molar-refractivity contribution in [2.24, 2.45) is 0 Å². The topological polar surface area (TPSA) is 71.3 Å². The Morgan fingerprint density at radius 2 is 2.23 bits per heavy atom. The minimum Gasteiger partial charge on any atom is -0.467 e. The van der Waals surface area contributed by atoms with Gasteiger partial charge in [-0.25, -0.2) is 9.97 Å². The van der Waals surface area contributed by atoms with Gasteiger partial charge in [0.25, 0.3) is 5.91 Å². The van der Waals surface area contributed by atoms with Gasteiger partial charge in [-0.2, -0.15) is 0 Å². The summed E-state index contributed by atoms with van der Waals surface area (Å²) in [5.41, 5.74) is 0.571. The zero-order chi connectivity index (χ0) is 17.9. The number of anilines is 1. The van der Waals surface area contributed by atoms with Crippen molar-refractivity contribution in [3.63, 3.8) is 0 Å². The van der Waals surface area contributed by atoms with Gasteiger partial charge < -0.3 is 14.6 Å². The molecular formula is C20H26N4O2. The van der Waals surface area contributed by atoms with E-state index < -0.39 is 0 Å². The highest BCUT2D eigenvalue weighted by atomic mass is 16.3. The fourth-order valence-corrected chi connectivity index (χ4v) is 3.66. The first-order valence-electron chi connectivity index (χ1n) is 9.70. The second kappa shape index (κ2) is 7.48. The molecule has 6 nitrogen and oxygen atoms in total. The van der Waals surface area contributed by atoms with E-state index >= 15 is 0 Å². The van der Waals surface area contributed by atoms with Crippen molar-refractivity contribution < 1.29 is 9.21 Å². The highest BCUT2D eigenvalue weighted by Crippen LogP contribution is 2.38. The number of hydrogen-bond acceptors (Lipinski definition) is 5. The van der Waals surface area contributed by atoms with E-state index in [1.807, 2.05) is 17.0 Å². The van der Waals surface area contributed by atoms with Gasteiger partial charge in [0.2, 0.25) is 0 Å². The molecule has 4 rings (SSSR count). The van der Waals surface area contributed by atoms with Gasteiger partial charge in [-0.15, -0.1) is 0 Å². The van der Waals surface area contributed by atoms with E-state index in [0.717, 1.165) is 50.2 Å². The van der Waals surface area contributed by atoms with E-state index in [2.05, 4.69) is 22.2 Å². The maximum Gasteiger partial charge on any atom is 0.259 e. The molecule has 26 heavy (non-hydrogen) atoms. The Kier molecular flexibility index (Phi) is 4.91. The molecule has 1 unspecified atom stereocenters. The normalized spacial score (nSPS) is 20.2. The quantitative estimate of drug-likeness (QED) is 0.850. The predicted molar refractivity (Wildman–Crippen MR) is 99.0 cm³/mol. The number of likely N-dealkylation sites (tertiary alicyclic amines) is 1. The van der Waals surface area contributed by atoms with Gasteiger partial charge >= 0.3 is 0 Å². The molecule has 1 amide bonds. The van der Waals surface area contributed by atoms with Gasteiger partial charge in [0, 0.05) is 24.7 Å². The lowest BCUT2D eigenvalue weighted by atomic mass is 9.99. The molecule has 0 radical (unpaired) electrons. The summed E-state index contributed by atoms with van der Waals surface area (Å²) in [5.74, 6) is 2.78. The lowest BCUT2D eigenvalue weighted by Gasteiger charge is -2.35. The molecule has 0 aromatic carbocycles. The number of amides is 1. The van der Waals surface area contributed by atoms with Gasteiger partial charge in [-0.1, -0.05) is 6.92 Å². The molecule has 6 heteroatoms. The average Bonchev–Trinajstić information content (AvgIpc) is 3.41. The number of carbonyl (C=O) groups excluding carboxylic acids is 1. The molecule has 0 spiro atoms. The number of rotatable bonds is 6. The van der Waals surface area contributed by atoms with Crippen LogP contribution in [0.4, 0.5) is 5.82 Å². The van der Waals surface area contributed by atoms with Gasteiger partial charge in [0.05, 0.1) is 12.8 Å². The maximum absolute atomic E-state index is 13.2. The molecule has 2 fully saturated rings. The molecule has 3 heterocycles. The van der Waals surface area contributed by atoms with Crippen molar-refractivity contribution >= 4 is 11.7 Å². The molecule has 138 valence electrons. The van der Waals surface area contributed by atoms with Crippen LogP contribution in [0.25, 0.3) is 0 Å². The van der Waals surface area contributed by atoms with E-state index in [1.165, 1.54) is 6.42 Å². The number of hydrogen-bond donors (Lipinski definition) is 1. The molecule has 1 N–H and O–H groups in total. The molecule has 2 aromatic rings. The number of carbonyl (C=O) groups is 1. The van der Waals surface area contributed by atoms with Gasteiger partial charge in [-0.3, -0.25) is 4.79 Å². The minimum absolute atomic E-state index is 0.0424. The third-order valence-electron chi connectivity index (χ3n) is 5.35. The van der Waals surface area contributed by atoms with Crippen molar-refractivity contribution in [3.05, 3.63) is 41.7 Å². The second-order valence-corrected chi connectivity index (χ2v) is 7.25. The summed E-state index contributed by atoms with van der Waals surface area (Å²) in [7, 11) is 0. The summed E-state index contributed by atoms with van der Waals surface area (Å²) in [4.78, 5) is 24.4. The van der Waals surface area contributed by atoms with Crippen LogP contribution in [0.5, 0.6) is 0 Å².